The van der Waals surface area contributed by atoms with Crippen LogP contribution in [0.15, 0.2) is 17.5 Å². The van der Waals surface area contributed by atoms with Crippen molar-refractivity contribution in [2.75, 3.05) is 5.32 Å². The number of carbonyl (C=O) groups is 1. The van der Waals surface area contributed by atoms with Crippen LogP contribution in [-0.2, 0) is 11.2 Å². The number of carboxylic acid groups (broad SMARTS) is 1. The molecule has 1 aromatic heterocycles. The molecule has 0 fully saturated rings. The van der Waals surface area contributed by atoms with Crippen molar-refractivity contribution in [3.63, 3.8) is 0 Å². The van der Waals surface area contributed by atoms with Crippen molar-refractivity contribution in [3.8, 4) is 0 Å². The SMILES string of the molecule is O=C(O)CCc1csc(Nc2c(Cl)cc(F)cc2Cl)n1. The first-order chi connectivity index (χ1) is 9.45. The van der Waals surface area contributed by atoms with E-state index in [0.717, 1.165) is 12.1 Å². The lowest BCUT2D eigenvalue weighted by Gasteiger charge is -2.07. The Morgan fingerprint density at radius 1 is 1.40 bits per heavy atom. The van der Waals surface area contributed by atoms with Gasteiger partial charge >= 0.3 is 5.97 Å². The third-order valence-electron chi connectivity index (χ3n) is 2.39. The molecule has 2 N–H and O–H groups in total. The molecule has 2 aromatic rings. The van der Waals surface area contributed by atoms with E-state index < -0.39 is 11.8 Å². The van der Waals surface area contributed by atoms with E-state index in [-0.39, 0.29) is 16.5 Å². The number of anilines is 2. The van der Waals surface area contributed by atoms with Crippen LogP contribution >= 0.6 is 34.5 Å². The Labute approximate surface area is 128 Å². The summed E-state index contributed by atoms with van der Waals surface area (Å²) >= 11 is 13.1. The van der Waals surface area contributed by atoms with Crippen molar-refractivity contribution in [1.29, 1.82) is 0 Å². The smallest absolute Gasteiger partial charge is 0.303 e. The van der Waals surface area contributed by atoms with E-state index in [1.54, 1.807) is 5.38 Å². The van der Waals surface area contributed by atoms with Gasteiger partial charge in [0.15, 0.2) is 5.13 Å². The van der Waals surface area contributed by atoms with Crippen LogP contribution in [0.1, 0.15) is 12.1 Å². The molecule has 0 aliphatic rings. The Morgan fingerprint density at radius 3 is 2.65 bits per heavy atom. The average Bonchev–Trinajstić information content (AvgIpc) is 2.79. The summed E-state index contributed by atoms with van der Waals surface area (Å²) in [6.45, 7) is 0. The Morgan fingerprint density at radius 2 is 2.05 bits per heavy atom. The normalized spacial score (nSPS) is 10.6. The predicted molar refractivity (Wildman–Crippen MR) is 77.8 cm³/mol. The number of benzene rings is 1. The van der Waals surface area contributed by atoms with Crippen LogP contribution in [0.4, 0.5) is 15.2 Å². The van der Waals surface area contributed by atoms with E-state index in [1.165, 1.54) is 11.3 Å². The number of nitrogens with zero attached hydrogens (tertiary/aromatic N) is 1. The van der Waals surface area contributed by atoms with E-state index in [9.17, 15) is 9.18 Å². The molecule has 0 unspecified atom stereocenters. The quantitative estimate of drug-likeness (QED) is 0.853. The molecule has 1 heterocycles. The van der Waals surface area contributed by atoms with Gasteiger partial charge in [0.1, 0.15) is 5.82 Å². The number of nitrogens with one attached hydrogen (secondary N) is 1. The van der Waals surface area contributed by atoms with Gasteiger partial charge in [-0.3, -0.25) is 4.79 Å². The maximum Gasteiger partial charge on any atom is 0.303 e. The van der Waals surface area contributed by atoms with Crippen LogP contribution in [-0.4, -0.2) is 16.1 Å². The zero-order chi connectivity index (χ0) is 14.7. The van der Waals surface area contributed by atoms with Gasteiger partial charge in [-0.15, -0.1) is 11.3 Å². The Balaban J connectivity index is 2.13. The number of halogens is 3. The van der Waals surface area contributed by atoms with Crippen LogP contribution in [0.5, 0.6) is 0 Å². The number of hydrogen-bond acceptors (Lipinski definition) is 4. The van der Waals surface area contributed by atoms with Crippen molar-refractivity contribution >= 4 is 51.3 Å². The zero-order valence-corrected chi connectivity index (χ0v) is 12.3. The van der Waals surface area contributed by atoms with Gasteiger partial charge in [-0.1, -0.05) is 23.2 Å². The summed E-state index contributed by atoms with van der Waals surface area (Å²) < 4.78 is 13.1. The topological polar surface area (TPSA) is 62.2 Å². The van der Waals surface area contributed by atoms with Gasteiger partial charge in [-0.25, -0.2) is 9.37 Å². The van der Waals surface area contributed by atoms with Gasteiger partial charge in [0, 0.05) is 11.8 Å². The molecule has 106 valence electrons. The van der Waals surface area contributed by atoms with Crippen molar-refractivity contribution in [3.05, 3.63) is 39.1 Å². The number of aryl methyl sites for hydroxylation is 1. The van der Waals surface area contributed by atoms with E-state index >= 15 is 0 Å². The summed E-state index contributed by atoms with van der Waals surface area (Å²) in [5.74, 6) is -1.40. The summed E-state index contributed by atoms with van der Waals surface area (Å²) in [6.07, 6.45) is 0.361. The summed E-state index contributed by atoms with van der Waals surface area (Å²) in [4.78, 5) is 14.7. The number of carboxylic acids is 1. The number of hydrogen-bond donors (Lipinski definition) is 2. The second kappa shape index (κ2) is 6.39. The second-order valence-electron chi connectivity index (χ2n) is 3.91. The lowest BCUT2D eigenvalue weighted by atomic mass is 10.2. The minimum absolute atomic E-state index is 0.0151. The van der Waals surface area contributed by atoms with Crippen LogP contribution in [0.3, 0.4) is 0 Å². The molecule has 0 saturated heterocycles. The van der Waals surface area contributed by atoms with Crippen molar-refractivity contribution in [2.45, 2.75) is 12.8 Å². The lowest BCUT2D eigenvalue weighted by molar-refractivity contribution is -0.136. The Kier molecular flexibility index (Phi) is 4.80. The molecule has 2 rings (SSSR count). The lowest BCUT2D eigenvalue weighted by Crippen LogP contribution is -1.98. The monoisotopic (exact) mass is 334 g/mol. The molecule has 8 heteroatoms. The first-order valence-corrected chi connectivity index (χ1v) is 7.17. The Hall–Kier alpha value is -1.37. The van der Waals surface area contributed by atoms with Crippen LogP contribution in [0, 0.1) is 5.82 Å². The summed E-state index contributed by atoms with van der Waals surface area (Å²) in [5, 5.41) is 14.1. The fourth-order valence-corrected chi connectivity index (χ4v) is 2.79. The van der Waals surface area contributed by atoms with Gasteiger partial charge in [0.25, 0.3) is 0 Å². The minimum Gasteiger partial charge on any atom is -0.481 e. The highest BCUT2D eigenvalue weighted by Gasteiger charge is 2.11. The predicted octanol–water partition coefficient (Wildman–Crippen LogP) is 4.35. The summed E-state index contributed by atoms with van der Waals surface area (Å²) in [6, 6.07) is 2.30. The molecular formula is C12H9Cl2FN2O2S. The molecule has 0 atom stereocenters. The molecule has 1 aromatic carbocycles. The van der Waals surface area contributed by atoms with E-state index in [4.69, 9.17) is 28.3 Å². The van der Waals surface area contributed by atoms with E-state index in [0.29, 0.717) is 22.9 Å². The molecule has 0 spiro atoms. The highest BCUT2D eigenvalue weighted by atomic mass is 35.5. The largest absolute Gasteiger partial charge is 0.481 e. The fraction of sp³-hybridized carbons (Fsp3) is 0.167. The fourth-order valence-electron chi connectivity index (χ4n) is 1.48. The number of aliphatic carboxylic acids is 1. The van der Waals surface area contributed by atoms with Gasteiger partial charge in [-0.2, -0.15) is 0 Å². The van der Waals surface area contributed by atoms with Crippen molar-refractivity contribution in [2.24, 2.45) is 0 Å². The number of aromatic nitrogens is 1. The number of thiazole rings is 1. The second-order valence-corrected chi connectivity index (χ2v) is 5.58. The average molecular weight is 335 g/mol. The van der Waals surface area contributed by atoms with Gasteiger partial charge in [-0.05, 0) is 12.1 Å². The highest BCUT2D eigenvalue weighted by Crippen LogP contribution is 2.34. The maximum atomic E-state index is 13.1. The van der Waals surface area contributed by atoms with Gasteiger partial charge in [0.2, 0.25) is 0 Å². The highest BCUT2D eigenvalue weighted by molar-refractivity contribution is 7.13. The maximum absolute atomic E-state index is 13.1. The molecular weight excluding hydrogens is 326 g/mol. The molecule has 0 radical (unpaired) electrons. The summed E-state index contributed by atoms with van der Waals surface area (Å²) in [5.41, 5.74) is 1.03. The molecule has 0 amide bonds. The van der Waals surface area contributed by atoms with E-state index in [2.05, 4.69) is 10.3 Å². The first kappa shape index (κ1) is 15.0. The molecule has 0 saturated carbocycles. The molecule has 20 heavy (non-hydrogen) atoms. The standard InChI is InChI=1S/C12H9Cl2FN2O2S/c13-8-3-6(15)4-9(14)11(8)17-12-16-7(5-20-12)1-2-10(18)19/h3-5H,1-2H2,(H,16,17)(H,18,19). The molecule has 0 aliphatic carbocycles. The van der Waals surface area contributed by atoms with E-state index in [1.807, 2.05) is 0 Å². The molecule has 0 aliphatic heterocycles. The molecule has 0 bridgehead atoms. The van der Waals surface area contributed by atoms with Crippen molar-refractivity contribution in [1.82, 2.24) is 4.98 Å². The van der Waals surface area contributed by atoms with Gasteiger partial charge in [0.05, 0.1) is 27.8 Å². The third kappa shape index (κ3) is 3.82. The zero-order valence-electron chi connectivity index (χ0n) is 9.99. The van der Waals surface area contributed by atoms with Crippen LogP contribution in [0.25, 0.3) is 0 Å². The van der Waals surface area contributed by atoms with Crippen molar-refractivity contribution < 1.29 is 14.3 Å². The first-order valence-electron chi connectivity index (χ1n) is 5.53. The van der Waals surface area contributed by atoms with Crippen LogP contribution < -0.4 is 5.32 Å². The third-order valence-corrected chi connectivity index (χ3v) is 3.79. The minimum atomic E-state index is -0.878. The summed E-state index contributed by atoms with van der Waals surface area (Å²) in [7, 11) is 0. The van der Waals surface area contributed by atoms with Gasteiger partial charge < -0.3 is 10.4 Å². The Bertz CT molecular complexity index is 625. The molecule has 4 nitrogen and oxygen atoms in total. The number of rotatable bonds is 5. The van der Waals surface area contributed by atoms with Crippen LogP contribution in [0.2, 0.25) is 10.0 Å².